The molecule has 0 bridgehead atoms. The fraction of sp³-hybridized carbons (Fsp3) is 0.556. The van der Waals surface area contributed by atoms with Crippen LogP contribution in [-0.4, -0.2) is 0 Å². The molecule has 0 heteroatoms. The molecule has 0 aliphatic heterocycles. The van der Waals surface area contributed by atoms with Gasteiger partial charge >= 0.3 is 0 Å². The summed E-state index contributed by atoms with van der Waals surface area (Å²) in [5, 5.41) is 0. The van der Waals surface area contributed by atoms with Crippen LogP contribution < -0.4 is 0 Å². The fourth-order valence-electron chi connectivity index (χ4n) is 1.35. The van der Waals surface area contributed by atoms with Crippen molar-refractivity contribution in [3.05, 3.63) is 24.3 Å². The fourth-order valence-corrected chi connectivity index (χ4v) is 1.35. The minimum atomic E-state index is 0.852. The Labute approximate surface area is 57.3 Å². The lowest BCUT2D eigenvalue weighted by Crippen LogP contribution is -1.87. The average molecular weight is 122 g/mol. The van der Waals surface area contributed by atoms with Crippen LogP contribution >= 0.6 is 0 Å². The summed E-state index contributed by atoms with van der Waals surface area (Å²) in [5.74, 6) is 0.852. The van der Waals surface area contributed by atoms with Crippen LogP contribution in [-0.2, 0) is 0 Å². The van der Waals surface area contributed by atoms with Crippen LogP contribution in [0.2, 0.25) is 0 Å². The monoisotopic (exact) mass is 122 g/mol. The predicted molar refractivity (Wildman–Crippen MR) is 41.3 cm³/mol. The molecule has 0 atom stereocenters. The smallest absolute Gasteiger partial charge is 0.0251 e. The van der Waals surface area contributed by atoms with Crippen molar-refractivity contribution in [3.63, 3.8) is 0 Å². The molecule has 0 nitrogen and oxygen atoms in total. The third kappa shape index (κ3) is 1.24. The van der Waals surface area contributed by atoms with Gasteiger partial charge in [0.05, 0.1) is 0 Å². The average Bonchev–Trinajstić information content (AvgIpc) is 2.13. The highest BCUT2D eigenvalue weighted by molar-refractivity contribution is 5.30. The van der Waals surface area contributed by atoms with Crippen LogP contribution in [0.3, 0.4) is 0 Å². The first-order valence-electron chi connectivity index (χ1n) is 3.60. The molecule has 0 amide bonds. The molecule has 1 saturated carbocycles. The molecule has 50 valence electrons. The summed E-state index contributed by atoms with van der Waals surface area (Å²) < 4.78 is 0. The van der Waals surface area contributed by atoms with E-state index in [1.54, 1.807) is 0 Å². The third-order valence-corrected chi connectivity index (χ3v) is 2.15. The van der Waals surface area contributed by atoms with Gasteiger partial charge < -0.3 is 0 Å². The molecule has 0 N–H and O–H groups in total. The highest BCUT2D eigenvalue weighted by atomic mass is 14.2. The van der Waals surface area contributed by atoms with E-state index < -0.39 is 0 Å². The second-order valence-corrected chi connectivity index (χ2v) is 2.89. The summed E-state index contributed by atoms with van der Waals surface area (Å²) in [5.41, 5.74) is 2.56. The van der Waals surface area contributed by atoms with Crippen LogP contribution in [0.5, 0.6) is 0 Å². The second kappa shape index (κ2) is 2.38. The zero-order valence-electron chi connectivity index (χ0n) is 6.11. The Hall–Kier alpha value is -0.520. The zero-order chi connectivity index (χ0) is 6.85. The number of rotatable bonds is 1. The van der Waals surface area contributed by atoms with Crippen molar-refractivity contribution in [2.75, 3.05) is 0 Å². The molecule has 9 heavy (non-hydrogen) atoms. The van der Waals surface area contributed by atoms with Crippen molar-refractivity contribution in [1.29, 1.82) is 0 Å². The van der Waals surface area contributed by atoms with Crippen molar-refractivity contribution >= 4 is 0 Å². The first kappa shape index (κ1) is 6.60. The Morgan fingerprint density at radius 2 is 1.78 bits per heavy atom. The van der Waals surface area contributed by atoms with E-state index in [1.807, 2.05) is 0 Å². The molecule has 0 unspecified atom stereocenters. The Kier molecular flexibility index (Phi) is 1.75. The van der Waals surface area contributed by atoms with Crippen LogP contribution in [0.25, 0.3) is 0 Å². The van der Waals surface area contributed by atoms with Crippen LogP contribution in [0, 0.1) is 5.92 Å². The molecular formula is C9H14. The Morgan fingerprint density at radius 3 is 2.00 bits per heavy atom. The van der Waals surface area contributed by atoms with Gasteiger partial charge in [-0.05, 0) is 18.8 Å². The van der Waals surface area contributed by atoms with Gasteiger partial charge in [-0.1, -0.05) is 37.6 Å². The normalized spacial score (nSPS) is 21.4. The van der Waals surface area contributed by atoms with Gasteiger partial charge in [0.2, 0.25) is 0 Å². The first-order chi connectivity index (χ1) is 4.24. The van der Waals surface area contributed by atoms with Gasteiger partial charge in [0, 0.05) is 0 Å². The van der Waals surface area contributed by atoms with Crippen molar-refractivity contribution < 1.29 is 0 Å². The van der Waals surface area contributed by atoms with Crippen LogP contribution in [0.15, 0.2) is 24.3 Å². The highest BCUT2D eigenvalue weighted by Crippen LogP contribution is 2.34. The molecule has 0 heterocycles. The van der Waals surface area contributed by atoms with E-state index in [2.05, 4.69) is 20.1 Å². The summed E-state index contributed by atoms with van der Waals surface area (Å²) in [6, 6.07) is 0. The summed E-state index contributed by atoms with van der Waals surface area (Å²) in [6.07, 6.45) is 3.66. The van der Waals surface area contributed by atoms with E-state index >= 15 is 0 Å². The SMILES string of the molecule is C=C1CC(CC)CC1=C. The van der Waals surface area contributed by atoms with Gasteiger partial charge in [0.1, 0.15) is 0 Å². The minimum Gasteiger partial charge on any atom is -0.0956 e. The summed E-state index contributed by atoms with van der Waals surface area (Å²) in [7, 11) is 0. The highest BCUT2D eigenvalue weighted by Gasteiger charge is 2.18. The Bertz CT molecular complexity index is 126. The van der Waals surface area contributed by atoms with E-state index in [9.17, 15) is 0 Å². The minimum absolute atomic E-state index is 0.852. The van der Waals surface area contributed by atoms with Gasteiger partial charge in [0.25, 0.3) is 0 Å². The standard InChI is InChI=1S/C9H14/c1-4-9-5-7(2)8(3)6-9/h9H,2-6H2,1H3. The maximum Gasteiger partial charge on any atom is -0.0251 e. The molecule has 1 rings (SSSR count). The van der Waals surface area contributed by atoms with E-state index in [-0.39, 0.29) is 0 Å². The van der Waals surface area contributed by atoms with Gasteiger partial charge in [-0.2, -0.15) is 0 Å². The van der Waals surface area contributed by atoms with E-state index in [0.29, 0.717) is 0 Å². The van der Waals surface area contributed by atoms with Gasteiger partial charge in [0.15, 0.2) is 0 Å². The molecule has 1 aliphatic rings. The van der Waals surface area contributed by atoms with Crippen molar-refractivity contribution in [2.24, 2.45) is 5.92 Å². The second-order valence-electron chi connectivity index (χ2n) is 2.89. The molecule has 0 aromatic heterocycles. The number of hydrogen-bond acceptors (Lipinski definition) is 0. The van der Waals surface area contributed by atoms with Gasteiger partial charge in [-0.3, -0.25) is 0 Å². The maximum absolute atomic E-state index is 3.93. The molecule has 0 aromatic rings. The van der Waals surface area contributed by atoms with Crippen molar-refractivity contribution in [2.45, 2.75) is 26.2 Å². The molecule has 1 aliphatic carbocycles. The van der Waals surface area contributed by atoms with Crippen LogP contribution in [0.1, 0.15) is 26.2 Å². The molecule has 0 spiro atoms. The number of hydrogen-bond donors (Lipinski definition) is 0. The van der Waals surface area contributed by atoms with E-state index in [1.165, 1.54) is 30.4 Å². The van der Waals surface area contributed by atoms with E-state index in [4.69, 9.17) is 0 Å². The molecular weight excluding hydrogens is 108 g/mol. The largest absolute Gasteiger partial charge is 0.0956 e. The summed E-state index contributed by atoms with van der Waals surface area (Å²) >= 11 is 0. The molecule has 0 radical (unpaired) electrons. The quantitative estimate of drug-likeness (QED) is 0.501. The summed E-state index contributed by atoms with van der Waals surface area (Å²) in [4.78, 5) is 0. The lowest BCUT2D eigenvalue weighted by molar-refractivity contribution is 0.553. The summed E-state index contributed by atoms with van der Waals surface area (Å²) in [6.45, 7) is 10.1. The maximum atomic E-state index is 3.93. The first-order valence-corrected chi connectivity index (χ1v) is 3.60. The van der Waals surface area contributed by atoms with Crippen molar-refractivity contribution in [3.8, 4) is 0 Å². The topological polar surface area (TPSA) is 0 Å². The molecule has 0 saturated heterocycles. The third-order valence-electron chi connectivity index (χ3n) is 2.15. The molecule has 0 aromatic carbocycles. The number of allylic oxidation sites excluding steroid dienone is 2. The predicted octanol–water partition coefficient (Wildman–Crippen LogP) is 2.92. The zero-order valence-corrected chi connectivity index (χ0v) is 6.11. The Balaban J connectivity index is 2.54. The van der Waals surface area contributed by atoms with E-state index in [0.717, 1.165) is 5.92 Å². The lowest BCUT2D eigenvalue weighted by atomic mass is 10.1. The van der Waals surface area contributed by atoms with Gasteiger partial charge in [-0.15, -0.1) is 0 Å². The van der Waals surface area contributed by atoms with Crippen LogP contribution in [0.4, 0.5) is 0 Å². The Morgan fingerprint density at radius 1 is 1.33 bits per heavy atom. The van der Waals surface area contributed by atoms with Crippen molar-refractivity contribution in [1.82, 2.24) is 0 Å². The lowest BCUT2D eigenvalue weighted by Gasteiger charge is -1.99. The van der Waals surface area contributed by atoms with Gasteiger partial charge in [-0.25, -0.2) is 0 Å². The molecule has 1 fully saturated rings.